The van der Waals surface area contributed by atoms with Crippen molar-refractivity contribution in [1.29, 1.82) is 0 Å². The third-order valence-electron chi connectivity index (χ3n) is 5.51. The first-order valence-electron chi connectivity index (χ1n) is 10.5. The largest absolute Gasteiger partial charge is 0.496 e. The molecule has 1 amide bonds. The van der Waals surface area contributed by atoms with Crippen LogP contribution in [0.25, 0.3) is 0 Å². The van der Waals surface area contributed by atoms with Gasteiger partial charge in [-0.25, -0.2) is 9.37 Å². The second-order valence-corrected chi connectivity index (χ2v) is 8.10. The van der Waals surface area contributed by atoms with Gasteiger partial charge >= 0.3 is 0 Å². The topological polar surface area (TPSA) is 64.8 Å². The highest BCUT2D eigenvalue weighted by molar-refractivity contribution is 6.30. The smallest absolute Gasteiger partial charge is 0.260 e. The van der Waals surface area contributed by atoms with Gasteiger partial charge in [-0.05, 0) is 31.0 Å². The second-order valence-electron chi connectivity index (χ2n) is 7.70. The van der Waals surface area contributed by atoms with E-state index in [9.17, 15) is 9.18 Å². The number of carbonyl (C=O) groups excluding carboxylic acids is 1. The van der Waals surface area contributed by atoms with Gasteiger partial charge in [-0.15, -0.1) is 0 Å². The molecule has 0 bridgehead atoms. The lowest BCUT2D eigenvalue weighted by molar-refractivity contribution is -0.134. The minimum absolute atomic E-state index is 0.0272. The number of benzene rings is 2. The van der Waals surface area contributed by atoms with Crippen LogP contribution in [0.2, 0.25) is 5.02 Å². The standard InChI is InChI=1S/C24H24ClFN2O4/c1-30-22-7-3-2-5-16(22)11-19-13-27-24(32-19)17-6-4-10-28(14-17)23(29)15-31-18-8-9-21(26)20(25)12-18/h2-3,5,7-9,12-13,17H,4,6,10-11,14-15H2,1H3/t17-/m1/s1. The van der Waals surface area contributed by atoms with E-state index in [4.69, 9.17) is 25.5 Å². The maximum Gasteiger partial charge on any atom is 0.260 e. The minimum Gasteiger partial charge on any atom is -0.496 e. The van der Waals surface area contributed by atoms with Crippen molar-refractivity contribution in [3.63, 3.8) is 0 Å². The van der Waals surface area contributed by atoms with Crippen molar-refractivity contribution in [2.24, 2.45) is 0 Å². The van der Waals surface area contributed by atoms with Crippen LogP contribution in [-0.2, 0) is 11.2 Å². The molecule has 8 heteroatoms. The average Bonchev–Trinajstić information content (AvgIpc) is 3.28. The van der Waals surface area contributed by atoms with Crippen molar-refractivity contribution in [3.05, 3.63) is 76.7 Å². The molecule has 0 unspecified atom stereocenters. The van der Waals surface area contributed by atoms with E-state index in [1.807, 2.05) is 24.3 Å². The van der Waals surface area contributed by atoms with E-state index in [-0.39, 0.29) is 23.5 Å². The van der Waals surface area contributed by atoms with Crippen molar-refractivity contribution in [2.75, 3.05) is 26.8 Å². The van der Waals surface area contributed by atoms with Crippen molar-refractivity contribution in [3.8, 4) is 11.5 Å². The lowest BCUT2D eigenvalue weighted by Crippen LogP contribution is -2.41. The molecule has 1 fully saturated rings. The van der Waals surface area contributed by atoms with Crippen LogP contribution < -0.4 is 9.47 Å². The molecule has 0 radical (unpaired) electrons. The zero-order valence-corrected chi connectivity index (χ0v) is 18.5. The first-order chi connectivity index (χ1) is 15.5. The molecule has 32 heavy (non-hydrogen) atoms. The fourth-order valence-electron chi connectivity index (χ4n) is 3.84. The number of halogens is 2. The molecule has 168 valence electrons. The fraction of sp³-hybridized carbons (Fsp3) is 0.333. The highest BCUT2D eigenvalue weighted by Crippen LogP contribution is 2.29. The molecule has 6 nitrogen and oxygen atoms in total. The van der Waals surface area contributed by atoms with Gasteiger partial charge in [0.05, 0.1) is 24.2 Å². The number of methoxy groups -OCH3 is 1. The van der Waals surface area contributed by atoms with Crippen LogP contribution in [0, 0.1) is 5.82 Å². The molecule has 1 aromatic heterocycles. The molecule has 1 aliphatic heterocycles. The summed E-state index contributed by atoms with van der Waals surface area (Å²) in [7, 11) is 1.65. The van der Waals surface area contributed by atoms with E-state index in [2.05, 4.69) is 4.98 Å². The maximum atomic E-state index is 13.3. The number of hydrogen-bond donors (Lipinski definition) is 0. The lowest BCUT2D eigenvalue weighted by Gasteiger charge is -2.31. The predicted molar refractivity (Wildman–Crippen MR) is 118 cm³/mol. The number of piperidine rings is 1. The van der Waals surface area contributed by atoms with Crippen LogP contribution in [0.1, 0.15) is 36.0 Å². The Balaban J connectivity index is 1.35. The molecule has 2 heterocycles. The molecular formula is C24H24ClFN2O4. The van der Waals surface area contributed by atoms with Crippen LogP contribution in [0.15, 0.2) is 53.1 Å². The molecule has 1 atom stereocenters. The van der Waals surface area contributed by atoms with Gasteiger partial charge in [-0.1, -0.05) is 29.8 Å². The van der Waals surface area contributed by atoms with Crippen molar-refractivity contribution < 1.29 is 23.1 Å². The highest BCUT2D eigenvalue weighted by atomic mass is 35.5. The van der Waals surface area contributed by atoms with Crippen LogP contribution in [0.3, 0.4) is 0 Å². The van der Waals surface area contributed by atoms with Crippen LogP contribution >= 0.6 is 11.6 Å². The van der Waals surface area contributed by atoms with E-state index in [0.29, 0.717) is 31.2 Å². The van der Waals surface area contributed by atoms with E-state index >= 15 is 0 Å². The van der Waals surface area contributed by atoms with Crippen LogP contribution in [0.5, 0.6) is 11.5 Å². The van der Waals surface area contributed by atoms with Gasteiger partial charge in [0.25, 0.3) is 5.91 Å². The molecule has 1 aliphatic rings. The molecule has 1 saturated heterocycles. The zero-order valence-electron chi connectivity index (χ0n) is 17.7. The number of ether oxygens (including phenoxy) is 2. The summed E-state index contributed by atoms with van der Waals surface area (Å²) >= 11 is 5.76. The molecule has 4 rings (SSSR count). The highest BCUT2D eigenvalue weighted by Gasteiger charge is 2.28. The number of para-hydroxylation sites is 1. The molecule has 3 aromatic rings. The Morgan fingerprint density at radius 1 is 1.31 bits per heavy atom. The number of hydrogen-bond acceptors (Lipinski definition) is 5. The van der Waals surface area contributed by atoms with E-state index in [1.165, 1.54) is 18.2 Å². The number of oxazole rings is 1. The summed E-state index contributed by atoms with van der Waals surface area (Å²) in [6.45, 7) is 1.03. The van der Waals surface area contributed by atoms with Gasteiger partial charge in [0, 0.05) is 31.1 Å². The van der Waals surface area contributed by atoms with Crippen LogP contribution in [0.4, 0.5) is 4.39 Å². The Labute approximate surface area is 190 Å². The minimum atomic E-state index is -0.528. The summed E-state index contributed by atoms with van der Waals surface area (Å²) in [5, 5.41) is -0.0409. The second kappa shape index (κ2) is 10.0. The fourth-order valence-corrected chi connectivity index (χ4v) is 4.01. The Kier molecular flexibility index (Phi) is 6.95. The number of nitrogens with zero attached hydrogens (tertiary/aromatic N) is 2. The molecule has 0 spiro atoms. The average molecular weight is 459 g/mol. The Hall–Kier alpha value is -3.06. The maximum absolute atomic E-state index is 13.3. The Bertz CT molecular complexity index is 1090. The van der Waals surface area contributed by atoms with Gasteiger partial charge in [-0.2, -0.15) is 0 Å². The third-order valence-corrected chi connectivity index (χ3v) is 5.80. The zero-order chi connectivity index (χ0) is 22.5. The number of amides is 1. The number of likely N-dealkylation sites (tertiary alicyclic amines) is 1. The molecule has 0 aliphatic carbocycles. The summed E-state index contributed by atoms with van der Waals surface area (Å²) in [6, 6.07) is 11.8. The van der Waals surface area contributed by atoms with Gasteiger partial charge in [0.2, 0.25) is 0 Å². The summed E-state index contributed by atoms with van der Waals surface area (Å²) in [5.41, 5.74) is 1.02. The normalized spacial score (nSPS) is 16.1. The summed E-state index contributed by atoms with van der Waals surface area (Å²) in [6.07, 6.45) is 4.07. The van der Waals surface area contributed by atoms with E-state index in [0.717, 1.165) is 29.9 Å². The van der Waals surface area contributed by atoms with Crippen LogP contribution in [-0.4, -0.2) is 42.6 Å². The molecule has 0 N–H and O–H groups in total. The Morgan fingerprint density at radius 2 is 2.16 bits per heavy atom. The summed E-state index contributed by atoms with van der Waals surface area (Å²) < 4.78 is 30.2. The lowest BCUT2D eigenvalue weighted by atomic mass is 9.98. The summed E-state index contributed by atoms with van der Waals surface area (Å²) in [5.74, 6) is 1.91. The van der Waals surface area contributed by atoms with Gasteiger partial charge in [0.1, 0.15) is 23.1 Å². The molecular weight excluding hydrogens is 435 g/mol. The number of carbonyl (C=O) groups is 1. The van der Waals surface area contributed by atoms with E-state index in [1.54, 1.807) is 18.2 Å². The van der Waals surface area contributed by atoms with Gasteiger partial charge in [0.15, 0.2) is 12.5 Å². The number of aromatic nitrogens is 1. The molecule has 0 saturated carbocycles. The van der Waals surface area contributed by atoms with Gasteiger partial charge < -0.3 is 18.8 Å². The monoisotopic (exact) mass is 458 g/mol. The quantitative estimate of drug-likeness (QED) is 0.506. The predicted octanol–water partition coefficient (Wildman–Crippen LogP) is 4.85. The first kappa shape index (κ1) is 22.1. The first-order valence-corrected chi connectivity index (χ1v) is 10.8. The molecule has 2 aromatic carbocycles. The SMILES string of the molecule is COc1ccccc1Cc1cnc([C@@H]2CCCN(C(=O)COc3ccc(F)c(Cl)c3)C2)o1. The summed E-state index contributed by atoms with van der Waals surface area (Å²) in [4.78, 5) is 18.9. The van der Waals surface area contributed by atoms with Crippen molar-refractivity contribution in [1.82, 2.24) is 9.88 Å². The van der Waals surface area contributed by atoms with Gasteiger partial charge in [-0.3, -0.25) is 4.79 Å². The van der Waals surface area contributed by atoms with E-state index < -0.39 is 5.82 Å². The number of rotatable bonds is 7. The van der Waals surface area contributed by atoms with Crippen molar-refractivity contribution >= 4 is 17.5 Å². The Morgan fingerprint density at radius 3 is 2.97 bits per heavy atom. The van der Waals surface area contributed by atoms with Crippen molar-refractivity contribution in [2.45, 2.75) is 25.2 Å². The third kappa shape index (κ3) is 5.22.